The first-order valence-corrected chi connectivity index (χ1v) is 9.63. The normalized spacial score (nSPS) is 11.6. The van der Waals surface area contributed by atoms with Crippen molar-refractivity contribution in [2.24, 2.45) is 0 Å². The average molecular weight is 399 g/mol. The monoisotopic (exact) mass is 398 g/mol. The molecule has 0 saturated carbocycles. The number of hydrogen-bond donors (Lipinski definition) is 3. The van der Waals surface area contributed by atoms with Crippen LogP contribution >= 0.6 is 0 Å². The second-order valence-electron chi connectivity index (χ2n) is 6.87. The molecule has 0 saturated heterocycles. The van der Waals surface area contributed by atoms with E-state index >= 15 is 0 Å². The zero-order chi connectivity index (χ0) is 21.1. The van der Waals surface area contributed by atoms with E-state index in [1.54, 1.807) is 7.11 Å². The van der Waals surface area contributed by atoms with Gasteiger partial charge in [0, 0.05) is 31.6 Å². The van der Waals surface area contributed by atoms with Crippen LogP contribution in [0.5, 0.6) is 5.75 Å². The average Bonchev–Trinajstić information content (AvgIpc) is 2.73. The Morgan fingerprint density at radius 3 is 2.34 bits per heavy atom. The van der Waals surface area contributed by atoms with E-state index in [-0.39, 0.29) is 30.9 Å². The molecular formula is C22H30N4O3. The molecule has 0 unspecified atom stereocenters. The molecule has 7 heteroatoms. The lowest BCUT2D eigenvalue weighted by molar-refractivity contribution is -0.121. The molecular weight excluding hydrogens is 368 g/mol. The highest BCUT2D eigenvalue weighted by Gasteiger charge is 2.18. The van der Waals surface area contributed by atoms with Crippen molar-refractivity contribution in [2.45, 2.75) is 19.0 Å². The molecule has 0 aliphatic rings. The van der Waals surface area contributed by atoms with Crippen LogP contribution in [-0.2, 0) is 11.3 Å². The second-order valence-corrected chi connectivity index (χ2v) is 6.87. The maximum Gasteiger partial charge on any atom is 0.315 e. The summed E-state index contributed by atoms with van der Waals surface area (Å²) >= 11 is 0. The quantitative estimate of drug-likeness (QED) is 0.574. The summed E-state index contributed by atoms with van der Waals surface area (Å²) in [5, 5.41) is 8.41. The van der Waals surface area contributed by atoms with Crippen molar-refractivity contribution in [3.05, 3.63) is 65.7 Å². The van der Waals surface area contributed by atoms with Crippen molar-refractivity contribution in [2.75, 3.05) is 34.3 Å². The highest BCUT2D eigenvalue weighted by Crippen LogP contribution is 2.27. The predicted molar refractivity (Wildman–Crippen MR) is 114 cm³/mol. The van der Waals surface area contributed by atoms with Gasteiger partial charge in [0.15, 0.2) is 0 Å². The van der Waals surface area contributed by atoms with Gasteiger partial charge in [-0.25, -0.2) is 4.79 Å². The topological polar surface area (TPSA) is 82.7 Å². The SMILES string of the molecule is COc1ccccc1[C@@H](CNC(=O)CCNC(=O)NCc1ccccc1)N(C)C. The minimum Gasteiger partial charge on any atom is -0.496 e. The van der Waals surface area contributed by atoms with Crippen molar-refractivity contribution in [3.8, 4) is 5.75 Å². The summed E-state index contributed by atoms with van der Waals surface area (Å²) in [6, 6.07) is 17.1. The van der Waals surface area contributed by atoms with Gasteiger partial charge in [-0.3, -0.25) is 4.79 Å². The zero-order valence-corrected chi connectivity index (χ0v) is 17.3. The molecule has 156 valence electrons. The number of para-hydroxylation sites is 1. The van der Waals surface area contributed by atoms with Gasteiger partial charge in [-0.05, 0) is 25.7 Å². The Morgan fingerprint density at radius 2 is 1.66 bits per heavy atom. The summed E-state index contributed by atoms with van der Waals surface area (Å²) in [6.45, 7) is 1.17. The summed E-state index contributed by atoms with van der Waals surface area (Å²) < 4.78 is 5.44. The smallest absolute Gasteiger partial charge is 0.315 e. The maximum atomic E-state index is 12.2. The van der Waals surface area contributed by atoms with Crippen LogP contribution in [-0.4, -0.2) is 51.1 Å². The van der Waals surface area contributed by atoms with Gasteiger partial charge in [-0.15, -0.1) is 0 Å². The van der Waals surface area contributed by atoms with Gasteiger partial charge in [0.2, 0.25) is 5.91 Å². The Labute approximate surface area is 172 Å². The van der Waals surface area contributed by atoms with Crippen LogP contribution in [0.4, 0.5) is 4.79 Å². The molecule has 0 aliphatic heterocycles. The number of nitrogens with one attached hydrogen (secondary N) is 3. The molecule has 1 atom stereocenters. The number of benzene rings is 2. The molecule has 2 aromatic carbocycles. The number of rotatable bonds is 10. The summed E-state index contributed by atoms with van der Waals surface area (Å²) in [7, 11) is 5.56. The molecule has 2 rings (SSSR count). The number of carbonyl (C=O) groups excluding carboxylic acids is 2. The molecule has 29 heavy (non-hydrogen) atoms. The molecule has 2 aromatic rings. The van der Waals surface area contributed by atoms with E-state index in [1.807, 2.05) is 73.6 Å². The highest BCUT2D eigenvalue weighted by atomic mass is 16.5. The molecule has 7 nitrogen and oxygen atoms in total. The Bertz CT molecular complexity index is 781. The van der Waals surface area contributed by atoms with Gasteiger partial charge in [-0.2, -0.15) is 0 Å². The van der Waals surface area contributed by atoms with E-state index in [4.69, 9.17) is 4.74 Å². The molecule has 0 spiro atoms. The minimum atomic E-state index is -0.290. The number of nitrogens with zero attached hydrogens (tertiary/aromatic N) is 1. The van der Waals surface area contributed by atoms with Crippen LogP contribution in [0.3, 0.4) is 0 Å². The number of carbonyl (C=O) groups is 2. The van der Waals surface area contributed by atoms with Gasteiger partial charge in [-0.1, -0.05) is 48.5 Å². The van der Waals surface area contributed by atoms with Crippen molar-refractivity contribution in [1.82, 2.24) is 20.9 Å². The minimum absolute atomic E-state index is 0.0165. The fourth-order valence-corrected chi connectivity index (χ4v) is 2.94. The predicted octanol–water partition coefficient (Wildman–Crippen LogP) is 2.30. The van der Waals surface area contributed by atoms with Crippen molar-refractivity contribution >= 4 is 11.9 Å². The molecule has 3 amide bonds. The van der Waals surface area contributed by atoms with Crippen LogP contribution < -0.4 is 20.7 Å². The van der Waals surface area contributed by atoms with Crippen LogP contribution in [0, 0.1) is 0 Å². The van der Waals surface area contributed by atoms with Crippen molar-refractivity contribution in [1.29, 1.82) is 0 Å². The molecule has 0 radical (unpaired) electrons. The van der Waals surface area contributed by atoms with E-state index in [2.05, 4.69) is 16.0 Å². The first-order valence-electron chi connectivity index (χ1n) is 9.63. The lowest BCUT2D eigenvalue weighted by atomic mass is 10.0. The van der Waals surface area contributed by atoms with Gasteiger partial charge in [0.25, 0.3) is 0 Å². The van der Waals surface area contributed by atoms with Gasteiger partial charge in [0.05, 0.1) is 13.2 Å². The van der Waals surface area contributed by atoms with E-state index in [9.17, 15) is 9.59 Å². The highest BCUT2D eigenvalue weighted by molar-refractivity contribution is 5.78. The lowest BCUT2D eigenvalue weighted by Gasteiger charge is -2.26. The number of methoxy groups -OCH3 is 1. The summed E-state index contributed by atoms with van der Waals surface area (Å²) in [5.41, 5.74) is 2.03. The van der Waals surface area contributed by atoms with Crippen molar-refractivity contribution in [3.63, 3.8) is 0 Å². The fourth-order valence-electron chi connectivity index (χ4n) is 2.94. The van der Waals surface area contributed by atoms with Gasteiger partial charge in [0.1, 0.15) is 5.75 Å². The summed E-state index contributed by atoms with van der Waals surface area (Å²) in [6.07, 6.45) is 0.213. The molecule has 0 fully saturated rings. The van der Waals surface area contributed by atoms with E-state index in [0.29, 0.717) is 13.1 Å². The molecule has 0 heterocycles. The standard InChI is InChI=1S/C22H30N4O3/c1-26(2)19(18-11-7-8-12-20(18)29-3)16-24-21(27)13-14-23-22(28)25-15-17-9-5-4-6-10-17/h4-12,19H,13-16H2,1-3H3,(H,24,27)(H2,23,25,28)/t19-/m1/s1. The summed E-state index contributed by atoms with van der Waals surface area (Å²) in [4.78, 5) is 26.1. The Hall–Kier alpha value is -3.06. The molecule has 0 aromatic heterocycles. The van der Waals surface area contributed by atoms with Crippen LogP contribution in [0.1, 0.15) is 23.6 Å². The first kappa shape index (κ1) is 22.2. The van der Waals surface area contributed by atoms with E-state index in [0.717, 1.165) is 16.9 Å². The Balaban J connectivity index is 1.73. The Kier molecular flexibility index (Phi) is 8.98. The number of likely N-dealkylation sites (N-methyl/N-ethyl adjacent to an activating group) is 1. The largest absolute Gasteiger partial charge is 0.496 e. The zero-order valence-electron chi connectivity index (χ0n) is 17.3. The van der Waals surface area contributed by atoms with E-state index < -0.39 is 0 Å². The molecule has 3 N–H and O–H groups in total. The number of urea groups is 1. The number of hydrogen-bond acceptors (Lipinski definition) is 4. The first-order chi connectivity index (χ1) is 14.0. The summed E-state index contributed by atoms with van der Waals surface area (Å²) in [5.74, 6) is 0.673. The number of ether oxygens (including phenoxy) is 1. The van der Waals surface area contributed by atoms with Gasteiger partial charge < -0.3 is 25.6 Å². The molecule has 0 bridgehead atoms. The van der Waals surface area contributed by atoms with Gasteiger partial charge >= 0.3 is 6.03 Å². The Morgan fingerprint density at radius 1 is 0.966 bits per heavy atom. The maximum absolute atomic E-state index is 12.2. The third kappa shape index (κ3) is 7.46. The molecule has 0 aliphatic carbocycles. The van der Waals surface area contributed by atoms with Crippen molar-refractivity contribution < 1.29 is 14.3 Å². The lowest BCUT2D eigenvalue weighted by Crippen LogP contribution is -2.39. The van der Waals surface area contributed by atoms with Crippen LogP contribution in [0.25, 0.3) is 0 Å². The second kappa shape index (κ2) is 11.7. The third-order valence-electron chi connectivity index (χ3n) is 4.55. The number of amides is 3. The van der Waals surface area contributed by atoms with E-state index in [1.165, 1.54) is 0 Å². The fraction of sp³-hybridized carbons (Fsp3) is 0.364. The third-order valence-corrected chi connectivity index (χ3v) is 4.55. The van der Waals surface area contributed by atoms with Crippen LogP contribution in [0.15, 0.2) is 54.6 Å². The van der Waals surface area contributed by atoms with Crippen LogP contribution in [0.2, 0.25) is 0 Å².